The molecule has 120 valence electrons. The smallest absolute Gasteiger partial charge is 0.0254 e. The van der Waals surface area contributed by atoms with Crippen molar-refractivity contribution in [2.75, 3.05) is 40.3 Å². The molecule has 0 heterocycles. The number of likely N-dealkylation sites (N-methyl/N-ethyl adjacent to an activating group) is 2. The first-order chi connectivity index (χ1) is 9.39. The Bertz CT molecular complexity index is 263. The maximum atomic E-state index is 3.73. The van der Waals surface area contributed by atoms with E-state index in [1.807, 2.05) is 0 Å². The molecule has 1 aliphatic carbocycles. The highest BCUT2D eigenvalue weighted by Crippen LogP contribution is 2.37. The number of nitrogens with zero attached hydrogens (tertiary/aromatic N) is 2. The summed E-state index contributed by atoms with van der Waals surface area (Å²) in [5.41, 5.74) is 0.506. The molecule has 1 rings (SSSR count). The molecular formula is C17H37N3. The standard InChI is InChI=1S/C17H37N3/c1-7-18-15-10-11-17(3,4)14-16(15)20(8-2)13-9-12-19(5)6/h15-16,18H,7-14H2,1-6H3. The molecular weight excluding hydrogens is 246 g/mol. The molecule has 0 saturated heterocycles. The Hall–Kier alpha value is -0.120. The molecule has 1 aliphatic rings. The van der Waals surface area contributed by atoms with Crippen LogP contribution in [0.25, 0.3) is 0 Å². The third-order valence-electron chi connectivity index (χ3n) is 4.75. The molecule has 0 aromatic heterocycles. The predicted molar refractivity (Wildman–Crippen MR) is 89.3 cm³/mol. The Morgan fingerprint density at radius 2 is 1.85 bits per heavy atom. The lowest BCUT2D eigenvalue weighted by atomic mass is 9.72. The minimum atomic E-state index is 0.506. The van der Waals surface area contributed by atoms with Gasteiger partial charge in [-0.05, 0) is 71.4 Å². The molecule has 0 bridgehead atoms. The van der Waals surface area contributed by atoms with Crippen molar-refractivity contribution in [2.45, 2.75) is 65.5 Å². The van der Waals surface area contributed by atoms with Gasteiger partial charge in [0.05, 0.1) is 0 Å². The van der Waals surface area contributed by atoms with E-state index < -0.39 is 0 Å². The van der Waals surface area contributed by atoms with Crippen molar-refractivity contribution in [2.24, 2.45) is 5.41 Å². The van der Waals surface area contributed by atoms with Gasteiger partial charge in [-0.15, -0.1) is 0 Å². The van der Waals surface area contributed by atoms with Gasteiger partial charge >= 0.3 is 0 Å². The number of hydrogen-bond acceptors (Lipinski definition) is 3. The summed E-state index contributed by atoms with van der Waals surface area (Å²) in [6.45, 7) is 14.1. The van der Waals surface area contributed by atoms with E-state index >= 15 is 0 Å². The van der Waals surface area contributed by atoms with Gasteiger partial charge in [-0.1, -0.05) is 27.7 Å². The summed E-state index contributed by atoms with van der Waals surface area (Å²) in [7, 11) is 4.34. The lowest BCUT2D eigenvalue weighted by Crippen LogP contribution is -2.55. The van der Waals surface area contributed by atoms with Crippen molar-refractivity contribution in [3.63, 3.8) is 0 Å². The van der Waals surface area contributed by atoms with Gasteiger partial charge in [0, 0.05) is 12.1 Å². The molecule has 2 atom stereocenters. The number of hydrogen-bond donors (Lipinski definition) is 1. The van der Waals surface area contributed by atoms with Gasteiger partial charge in [0.1, 0.15) is 0 Å². The molecule has 1 fully saturated rings. The highest BCUT2D eigenvalue weighted by Gasteiger charge is 2.36. The predicted octanol–water partition coefficient (Wildman–Crippen LogP) is 2.82. The summed E-state index contributed by atoms with van der Waals surface area (Å²) in [5, 5.41) is 3.73. The molecule has 1 N–H and O–H groups in total. The third-order valence-corrected chi connectivity index (χ3v) is 4.75. The molecule has 2 unspecified atom stereocenters. The van der Waals surface area contributed by atoms with Crippen molar-refractivity contribution in [3.05, 3.63) is 0 Å². The van der Waals surface area contributed by atoms with Crippen LogP contribution in [0.1, 0.15) is 53.4 Å². The maximum Gasteiger partial charge on any atom is 0.0254 e. The minimum Gasteiger partial charge on any atom is -0.313 e. The van der Waals surface area contributed by atoms with Crippen molar-refractivity contribution in [3.8, 4) is 0 Å². The highest BCUT2D eigenvalue weighted by molar-refractivity contribution is 4.94. The molecule has 0 aromatic rings. The van der Waals surface area contributed by atoms with Crippen molar-refractivity contribution in [1.29, 1.82) is 0 Å². The maximum absolute atomic E-state index is 3.73. The fourth-order valence-electron chi connectivity index (χ4n) is 3.58. The summed E-state index contributed by atoms with van der Waals surface area (Å²) in [4.78, 5) is 5.01. The first kappa shape index (κ1) is 17.9. The van der Waals surface area contributed by atoms with Crippen LogP contribution in [0.15, 0.2) is 0 Å². The van der Waals surface area contributed by atoms with E-state index in [9.17, 15) is 0 Å². The van der Waals surface area contributed by atoms with Gasteiger partial charge < -0.3 is 10.2 Å². The second-order valence-electron chi connectivity index (χ2n) is 7.42. The summed E-state index contributed by atoms with van der Waals surface area (Å²) in [5.74, 6) is 0. The molecule has 0 aliphatic heterocycles. The minimum absolute atomic E-state index is 0.506. The zero-order valence-electron chi connectivity index (χ0n) is 14.7. The van der Waals surface area contributed by atoms with Crippen LogP contribution < -0.4 is 5.32 Å². The van der Waals surface area contributed by atoms with Crippen molar-refractivity contribution < 1.29 is 0 Å². The molecule has 20 heavy (non-hydrogen) atoms. The Labute approximate surface area is 127 Å². The van der Waals surface area contributed by atoms with E-state index in [0.717, 1.165) is 6.54 Å². The van der Waals surface area contributed by atoms with Gasteiger partial charge in [0.15, 0.2) is 0 Å². The van der Waals surface area contributed by atoms with Crippen LogP contribution in [0.2, 0.25) is 0 Å². The topological polar surface area (TPSA) is 18.5 Å². The van der Waals surface area contributed by atoms with E-state index in [-0.39, 0.29) is 0 Å². The van der Waals surface area contributed by atoms with Crippen LogP contribution in [-0.2, 0) is 0 Å². The summed E-state index contributed by atoms with van der Waals surface area (Å²) >= 11 is 0. The van der Waals surface area contributed by atoms with E-state index in [1.54, 1.807) is 0 Å². The van der Waals surface area contributed by atoms with Gasteiger partial charge in [-0.3, -0.25) is 4.90 Å². The number of nitrogens with one attached hydrogen (secondary N) is 1. The molecule has 1 saturated carbocycles. The normalized spacial score (nSPS) is 26.4. The fourth-order valence-corrected chi connectivity index (χ4v) is 3.58. The van der Waals surface area contributed by atoms with Crippen LogP contribution in [-0.4, -0.2) is 62.2 Å². The van der Waals surface area contributed by atoms with E-state index in [0.29, 0.717) is 17.5 Å². The van der Waals surface area contributed by atoms with Crippen LogP contribution in [0.3, 0.4) is 0 Å². The van der Waals surface area contributed by atoms with Crippen molar-refractivity contribution in [1.82, 2.24) is 15.1 Å². The molecule has 0 spiro atoms. The second-order valence-corrected chi connectivity index (χ2v) is 7.42. The zero-order chi connectivity index (χ0) is 15.2. The van der Waals surface area contributed by atoms with Crippen LogP contribution >= 0.6 is 0 Å². The molecule has 3 nitrogen and oxygen atoms in total. The fraction of sp³-hybridized carbons (Fsp3) is 1.00. The first-order valence-corrected chi connectivity index (χ1v) is 8.51. The summed E-state index contributed by atoms with van der Waals surface area (Å²) in [6.07, 6.45) is 5.29. The summed E-state index contributed by atoms with van der Waals surface area (Å²) in [6, 6.07) is 1.40. The third kappa shape index (κ3) is 5.71. The SMILES string of the molecule is CCNC1CCC(C)(C)CC1N(CC)CCCN(C)C. The van der Waals surface area contributed by atoms with Gasteiger partial charge in [0.2, 0.25) is 0 Å². The largest absolute Gasteiger partial charge is 0.313 e. The lowest BCUT2D eigenvalue weighted by molar-refractivity contribution is 0.0666. The Kier molecular flexibility index (Phi) is 7.49. The second kappa shape index (κ2) is 8.35. The molecule has 3 heteroatoms. The van der Waals surface area contributed by atoms with Crippen molar-refractivity contribution >= 4 is 0 Å². The quantitative estimate of drug-likeness (QED) is 0.739. The highest BCUT2D eigenvalue weighted by atomic mass is 15.2. The van der Waals surface area contributed by atoms with Gasteiger partial charge in [0.25, 0.3) is 0 Å². The van der Waals surface area contributed by atoms with E-state index in [1.165, 1.54) is 45.3 Å². The Balaban J connectivity index is 2.62. The van der Waals surface area contributed by atoms with E-state index in [4.69, 9.17) is 0 Å². The van der Waals surface area contributed by atoms with Gasteiger partial charge in [-0.2, -0.15) is 0 Å². The number of rotatable bonds is 8. The van der Waals surface area contributed by atoms with Crippen LogP contribution in [0.5, 0.6) is 0 Å². The monoisotopic (exact) mass is 283 g/mol. The molecule has 0 radical (unpaired) electrons. The Morgan fingerprint density at radius 3 is 2.40 bits per heavy atom. The lowest BCUT2D eigenvalue weighted by Gasteiger charge is -2.46. The molecule has 0 amide bonds. The average molecular weight is 284 g/mol. The zero-order valence-corrected chi connectivity index (χ0v) is 14.7. The van der Waals surface area contributed by atoms with E-state index in [2.05, 4.69) is 56.9 Å². The van der Waals surface area contributed by atoms with Crippen LogP contribution in [0.4, 0.5) is 0 Å². The molecule has 0 aromatic carbocycles. The summed E-state index contributed by atoms with van der Waals surface area (Å²) < 4.78 is 0. The average Bonchev–Trinajstić information content (AvgIpc) is 2.36. The van der Waals surface area contributed by atoms with Gasteiger partial charge in [-0.25, -0.2) is 0 Å². The van der Waals surface area contributed by atoms with Crippen LogP contribution in [0, 0.1) is 5.41 Å². The first-order valence-electron chi connectivity index (χ1n) is 8.51. The Morgan fingerprint density at radius 1 is 1.15 bits per heavy atom.